The maximum atomic E-state index is 5.64. The van der Waals surface area contributed by atoms with Crippen molar-refractivity contribution < 1.29 is 14.2 Å². The third kappa shape index (κ3) is 4.50. The van der Waals surface area contributed by atoms with Crippen LogP contribution >= 0.6 is 12.2 Å². The predicted octanol–water partition coefficient (Wildman–Crippen LogP) is 2.13. The first kappa shape index (κ1) is 14.7. The number of hydrogen-bond donors (Lipinski definition) is 1. The monoisotopic (exact) mass is 269 g/mol. The molecule has 0 aromatic heterocycles. The fourth-order valence-corrected chi connectivity index (χ4v) is 1.56. The molecule has 0 heterocycles. The van der Waals surface area contributed by atoms with Gasteiger partial charge in [-0.1, -0.05) is 12.2 Å². The quantitative estimate of drug-likeness (QED) is 0.579. The van der Waals surface area contributed by atoms with Crippen molar-refractivity contribution in [1.82, 2.24) is 0 Å². The van der Waals surface area contributed by atoms with Gasteiger partial charge in [-0.25, -0.2) is 0 Å². The maximum Gasteiger partial charge on any atom is 0.161 e. The largest absolute Gasteiger partial charge is 0.490 e. The zero-order valence-electron chi connectivity index (χ0n) is 10.8. The second-order valence-corrected chi connectivity index (χ2v) is 4.09. The van der Waals surface area contributed by atoms with E-state index in [4.69, 9.17) is 32.2 Å². The van der Waals surface area contributed by atoms with Gasteiger partial charge in [-0.05, 0) is 25.1 Å². The fourth-order valence-electron chi connectivity index (χ4n) is 1.43. The van der Waals surface area contributed by atoms with Gasteiger partial charge in [0, 0.05) is 25.7 Å². The van der Waals surface area contributed by atoms with Crippen LogP contribution in [0, 0.1) is 0 Å². The Hall–Kier alpha value is -1.33. The average molecular weight is 269 g/mol. The highest BCUT2D eigenvalue weighted by atomic mass is 32.1. The van der Waals surface area contributed by atoms with Crippen LogP contribution in [0.4, 0.5) is 0 Å². The molecule has 0 unspecified atom stereocenters. The third-order valence-corrected chi connectivity index (χ3v) is 2.51. The van der Waals surface area contributed by atoms with Crippen molar-refractivity contribution in [2.75, 3.05) is 26.9 Å². The molecule has 0 atom stereocenters. The zero-order valence-corrected chi connectivity index (χ0v) is 11.6. The summed E-state index contributed by atoms with van der Waals surface area (Å²) in [6.45, 7) is 3.74. The molecular weight excluding hydrogens is 250 g/mol. The van der Waals surface area contributed by atoms with Crippen LogP contribution in [0.1, 0.15) is 18.9 Å². The van der Waals surface area contributed by atoms with E-state index in [1.807, 2.05) is 19.1 Å². The molecule has 0 amide bonds. The molecule has 0 saturated carbocycles. The summed E-state index contributed by atoms with van der Waals surface area (Å²) in [5.41, 5.74) is 6.36. The van der Waals surface area contributed by atoms with Gasteiger partial charge in [-0.3, -0.25) is 0 Å². The van der Waals surface area contributed by atoms with Gasteiger partial charge in [-0.15, -0.1) is 0 Å². The number of hydrogen-bond acceptors (Lipinski definition) is 4. The van der Waals surface area contributed by atoms with E-state index in [0.29, 0.717) is 36.3 Å². The molecule has 0 spiro atoms. The highest BCUT2D eigenvalue weighted by Crippen LogP contribution is 2.28. The van der Waals surface area contributed by atoms with Gasteiger partial charge in [0.15, 0.2) is 11.5 Å². The van der Waals surface area contributed by atoms with Crippen molar-refractivity contribution in [2.45, 2.75) is 13.3 Å². The molecule has 2 N–H and O–H groups in total. The van der Waals surface area contributed by atoms with Crippen LogP contribution in [0.3, 0.4) is 0 Å². The lowest BCUT2D eigenvalue weighted by Crippen LogP contribution is -2.10. The van der Waals surface area contributed by atoms with E-state index in [-0.39, 0.29) is 0 Å². The molecule has 1 rings (SSSR count). The normalized spacial score (nSPS) is 10.1. The summed E-state index contributed by atoms with van der Waals surface area (Å²) >= 11 is 4.94. The van der Waals surface area contributed by atoms with Gasteiger partial charge in [-0.2, -0.15) is 0 Å². The molecule has 1 aromatic rings. The van der Waals surface area contributed by atoms with Gasteiger partial charge in [0.2, 0.25) is 0 Å². The van der Waals surface area contributed by atoms with Crippen LogP contribution in [0.15, 0.2) is 18.2 Å². The van der Waals surface area contributed by atoms with E-state index < -0.39 is 0 Å². The van der Waals surface area contributed by atoms with E-state index in [2.05, 4.69) is 0 Å². The van der Waals surface area contributed by atoms with Crippen molar-refractivity contribution in [2.24, 2.45) is 5.73 Å². The molecule has 0 saturated heterocycles. The zero-order chi connectivity index (χ0) is 13.4. The first-order chi connectivity index (χ1) is 8.69. The van der Waals surface area contributed by atoms with E-state index in [9.17, 15) is 0 Å². The highest BCUT2D eigenvalue weighted by Gasteiger charge is 2.07. The van der Waals surface area contributed by atoms with Crippen molar-refractivity contribution in [3.8, 4) is 11.5 Å². The number of ether oxygens (including phenoxy) is 3. The van der Waals surface area contributed by atoms with E-state index in [1.54, 1.807) is 13.2 Å². The summed E-state index contributed by atoms with van der Waals surface area (Å²) < 4.78 is 16.1. The summed E-state index contributed by atoms with van der Waals surface area (Å²) in [5.74, 6) is 1.37. The van der Waals surface area contributed by atoms with Gasteiger partial charge in [0.25, 0.3) is 0 Å². The lowest BCUT2D eigenvalue weighted by Gasteiger charge is -2.13. The smallest absolute Gasteiger partial charge is 0.161 e. The second-order valence-electron chi connectivity index (χ2n) is 3.65. The van der Waals surface area contributed by atoms with Crippen LogP contribution in [-0.2, 0) is 4.74 Å². The van der Waals surface area contributed by atoms with Crippen molar-refractivity contribution in [3.63, 3.8) is 0 Å². The molecule has 18 heavy (non-hydrogen) atoms. The lowest BCUT2D eigenvalue weighted by atomic mass is 10.2. The van der Waals surface area contributed by atoms with Crippen LogP contribution in [0.2, 0.25) is 0 Å². The average Bonchev–Trinajstić information content (AvgIpc) is 2.36. The standard InChI is InChI=1S/C13H19NO3S/c1-3-16-12-9-10(13(14)18)5-6-11(12)17-8-4-7-15-2/h5-6,9H,3-4,7-8H2,1-2H3,(H2,14,18). The van der Waals surface area contributed by atoms with E-state index in [0.717, 1.165) is 12.0 Å². The summed E-state index contributed by atoms with van der Waals surface area (Å²) in [6, 6.07) is 5.46. The molecule has 0 radical (unpaired) electrons. The van der Waals surface area contributed by atoms with Crippen molar-refractivity contribution in [1.29, 1.82) is 0 Å². The third-order valence-electron chi connectivity index (χ3n) is 2.28. The summed E-state index contributed by atoms with van der Waals surface area (Å²) in [6.07, 6.45) is 0.832. The minimum absolute atomic E-state index is 0.349. The number of thiocarbonyl (C=S) groups is 1. The van der Waals surface area contributed by atoms with Crippen LogP contribution in [0.5, 0.6) is 11.5 Å². The Morgan fingerprint density at radius 3 is 2.61 bits per heavy atom. The molecule has 0 aliphatic carbocycles. The second kappa shape index (κ2) is 7.89. The van der Waals surface area contributed by atoms with Crippen LogP contribution in [-0.4, -0.2) is 31.9 Å². The topological polar surface area (TPSA) is 53.7 Å². The van der Waals surface area contributed by atoms with Gasteiger partial charge in [0.1, 0.15) is 4.99 Å². The summed E-state index contributed by atoms with van der Waals surface area (Å²) in [4.78, 5) is 0.349. The SMILES string of the molecule is CCOc1cc(C(N)=S)ccc1OCCCOC. The number of benzene rings is 1. The predicted molar refractivity (Wildman–Crippen MR) is 75.5 cm³/mol. The van der Waals surface area contributed by atoms with Crippen molar-refractivity contribution in [3.05, 3.63) is 23.8 Å². The molecule has 0 aliphatic heterocycles. The lowest BCUT2D eigenvalue weighted by molar-refractivity contribution is 0.170. The van der Waals surface area contributed by atoms with Gasteiger partial charge < -0.3 is 19.9 Å². The number of methoxy groups -OCH3 is 1. The Balaban J connectivity index is 2.73. The Morgan fingerprint density at radius 1 is 1.22 bits per heavy atom. The Kier molecular flexibility index (Phi) is 6.46. The first-order valence-corrected chi connectivity index (χ1v) is 6.28. The Morgan fingerprint density at radius 2 is 2.00 bits per heavy atom. The summed E-state index contributed by atoms with van der Waals surface area (Å²) in [7, 11) is 1.67. The molecule has 1 aromatic carbocycles. The number of rotatable bonds is 8. The molecule has 4 nitrogen and oxygen atoms in total. The maximum absolute atomic E-state index is 5.64. The molecular formula is C13H19NO3S. The first-order valence-electron chi connectivity index (χ1n) is 5.87. The van der Waals surface area contributed by atoms with Crippen LogP contribution < -0.4 is 15.2 Å². The van der Waals surface area contributed by atoms with E-state index in [1.165, 1.54) is 0 Å². The molecule has 0 bridgehead atoms. The molecule has 100 valence electrons. The fraction of sp³-hybridized carbons (Fsp3) is 0.462. The van der Waals surface area contributed by atoms with Gasteiger partial charge >= 0.3 is 0 Å². The minimum Gasteiger partial charge on any atom is -0.490 e. The minimum atomic E-state index is 0.349. The highest BCUT2D eigenvalue weighted by molar-refractivity contribution is 7.80. The van der Waals surface area contributed by atoms with Gasteiger partial charge in [0.05, 0.1) is 13.2 Å². The van der Waals surface area contributed by atoms with Crippen LogP contribution in [0.25, 0.3) is 0 Å². The summed E-state index contributed by atoms with van der Waals surface area (Å²) in [5, 5.41) is 0. The molecule has 0 aliphatic rings. The van der Waals surface area contributed by atoms with Crippen molar-refractivity contribution >= 4 is 17.2 Å². The Bertz CT molecular complexity index is 396. The molecule has 0 fully saturated rings. The number of nitrogens with two attached hydrogens (primary N) is 1. The van der Waals surface area contributed by atoms with E-state index >= 15 is 0 Å². The Labute approximate surface area is 113 Å². The molecule has 5 heteroatoms.